The highest BCUT2D eigenvalue weighted by atomic mass is 16.5. The highest BCUT2D eigenvalue weighted by Crippen LogP contribution is 2.47. The van der Waals surface area contributed by atoms with Crippen molar-refractivity contribution < 1.29 is 19.1 Å². The maximum absolute atomic E-state index is 12.8. The van der Waals surface area contributed by atoms with Crippen LogP contribution in [0.3, 0.4) is 0 Å². The molecule has 2 N–H and O–H groups in total. The van der Waals surface area contributed by atoms with E-state index in [0.717, 1.165) is 5.56 Å². The number of carbonyl (C=O) groups excluding carboxylic acids is 2. The van der Waals surface area contributed by atoms with Crippen molar-refractivity contribution in [2.45, 2.75) is 25.8 Å². The molecule has 1 aliphatic carbocycles. The molecule has 0 heterocycles. The molecule has 2 amide bonds. The van der Waals surface area contributed by atoms with Gasteiger partial charge in [0.25, 0.3) is 0 Å². The number of hydrogen-bond donors (Lipinski definition) is 2. The fraction of sp³-hybridized carbons (Fsp3) is 0.333. The quantitative estimate of drug-likeness (QED) is 0.735. The van der Waals surface area contributed by atoms with E-state index in [1.807, 2.05) is 37.3 Å². The van der Waals surface area contributed by atoms with Gasteiger partial charge in [-0.2, -0.15) is 0 Å². The molecule has 0 spiro atoms. The minimum atomic E-state index is -1.00. The summed E-state index contributed by atoms with van der Waals surface area (Å²) >= 11 is 0. The van der Waals surface area contributed by atoms with Gasteiger partial charge in [-0.05, 0) is 37.5 Å². The summed E-state index contributed by atoms with van der Waals surface area (Å²) in [6.45, 7) is 1.91. The second kappa shape index (κ2) is 7.70. The Morgan fingerprint density at radius 3 is 2.22 bits per heavy atom. The van der Waals surface area contributed by atoms with Crippen molar-refractivity contribution in [1.29, 1.82) is 0 Å². The molecular weight excluding hydrogens is 344 g/mol. The van der Waals surface area contributed by atoms with Gasteiger partial charge >= 0.3 is 0 Å². The van der Waals surface area contributed by atoms with Gasteiger partial charge in [0.05, 0.1) is 20.3 Å². The largest absolute Gasteiger partial charge is 0.493 e. The summed E-state index contributed by atoms with van der Waals surface area (Å²) < 4.78 is 10.5. The maximum Gasteiger partial charge on any atom is 0.240 e. The summed E-state index contributed by atoms with van der Waals surface area (Å²) in [6.07, 6.45) is 1.08. The normalized spacial score (nSPS) is 15.4. The van der Waals surface area contributed by atoms with Crippen molar-refractivity contribution in [2.24, 2.45) is 5.41 Å². The van der Waals surface area contributed by atoms with Crippen molar-refractivity contribution in [2.75, 3.05) is 19.5 Å². The zero-order valence-corrected chi connectivity index (χ0v) is 15.7. The lowest BCUT2D eigenvalue weighted by molar-refractivity contribution is -0.134. The number of amides is 2. The molecule has 0 radical (unpaired) electrons. The van der Waals surface area contributed by atoms with Crippen LogP contribution in [-0.4, -0.2) is 26.0 Å². The van der Waals surface area contributed by atoms with Gasteiger partial charge in [0.2, 0.25) is 11.8 Å². The van der Waals surface area contributed by atoms with Crippen molar-refractivity contribution in [3.8, 4) is 11.5 Å². The molecule has 3 rings (SSSR count). The Kier molecular flexibility index (Phi) is 5.35. The third kappa shape index (κ3) is 3.89. The van der Waals surface area contributed by atoms with E-state index in [4.69, 9.17) is 9.47 Å². The predicted octanol–water partition coefficient (Wildman–Crippen LogP) is 3.30. The summed E-state index contributed by atoms with van der Waals surface area (Å²) in [5.74, 6) is 0.553. The summed E-state index contributed by atoms with van der Waals surface area (Å²) in [6, 6.07) is 14.6. The van der Waals surface area contributed by atoms with Crippen LogP contribution >= 0.6 is 0 Å². The Hall–Kier alpha value is -3.02. The summed E-state index contributed by atoms with van der Waals surface area (Å²) in [5, 5.41) is 5.79. The van der Waals surface area contributed by atoms with Crippen molar-refractivity contribution >= 4 is 17.5 Å². The van der Waals surface area contributed by atoms with Crippen LogP contribution in [0.2, 0.25) is 0 Å². The zero-order valence-electron chi connectivity index (χ0n) is 15.7. The van der Waals surface area contributed by atoms with Crippen molar-refractivity contribution in [3.05, 3.63) is 54.1 Å². The van der Waals surface area contributed by atoms with E-state index in [1.54, 1.807) is 25.3 Å². The van der Waals surface area contributed by atoms with Crippen LogP contribution in [0.25, 0.3) is 0 Å². The van der Waals surface area contributed by atoms with E-state index in [9.17, 15) is 9.59 Å². The monoisotopic (exact) mass is 368 g/mol. The smallest absolute Gasteiger partial charge is 0.240 e. The average Bonchev–Trinajstić information content (AvgIpc) is 3.50. The number of rotatable bonds is 7. The summed E-state index contributed by atoms with van der Waals surface area (Å²) in [4.78, 5) is 25.5. The number of carbonyl (C=O) groups is 2. The highest BCUT2D eigenvalue weighted by Gasteiger charge is 2.56. The fourth-order valence-electron chi connectivity index (χ4n) is 3.01. The molecule has 0 saturated heterocycles. The van der Waals surface area contributed by atoms with Crippen LogP contribution in [0.1, 0.15) is 31.4 Å². The molecule has 0 aliphatic heterocycles. The van der Waals surface area contributed by atoms with Gasteiger partial charge in [-0.1, -0.05) is 30.3 Å². The molecule has 1 aliphatic rings. The molecule has 1 unspecified atom stereocenters. The third-order valence-corrected chi connectivity index (χ3v) is 4.91. The number of anilines is 1. The first-order chi connectivity index (χ1) is 13.0. The Bertz CT molecular complexity index is 831. The first-order valence-electron chi connectivity index (χ1n) is 8.89. The Morgan fingerprint density at radius 1 is 0.963 bits per heavy atom. The van der Waals surface area contributed by atoms with E-state index in [-0.39, 0.29) is 17.9 Å². The van der Waals surface area contributed by atoms with Crippen LogP contribution in [0.15, 0.2) is 48.5 Å². The maximum atomic E-state index is 12.8. The molecule has 0 aromatic heterocycles. The van der Waals surface area contributed by atoms with Crippen molar-refractivity contribution in [3.63, 3.8) is 0 Å². The van der Waals surface area contributed by atoms with Crippen LogP contribution in [0, 0.1) is 5.41 Å². The lowest BCUT2D eigenvalue weighted by Crippen LogP contribution is -2.41. The summed E-state index contributed by atoms with van der Waals surface area (Å²) in [5.41, 5.74) is 0.561. The second-order valence-electron chi connectivity index (χ2n) is 6.71. The Balaban J connectivity index is 1.68. The van der Waals surface area contributed by atoms with Gasteiger partial charge < -0.3 is 20.1 Å². The van der Waals surface area contributed by atoms with Gasteiger partial charge in [0.1, 0.15) is 5.41 Å². The standard InChI is InChI=1S/C21H24N2O4/c1-14(15-7-5-4-6-8-15)22-19(24)21(11-12-21)20(25)23-16-9-10-17(26-2)18(13-16)27-3/h4-10,13-14H,11-12H2,1-3H3,(H,22,24)(H,23,25). The lowest BCUT2D eigenvalue weighted by Gasteiger charge is -2.20. The SMILES string of the molecule is COc1ccc(NC(=O)C2(C(=O)NC(C)c3ccccc3)CC2)cc1OC. The molecular formula is C21H24N2O4. The zero-order chi connectivity index (χ0) is 19.4. The van der Waals surface area contributed by atoms with E-state index in [1.165, 1.54) is 7.11 Å². The summed E-state index contributed by atoms with van der Waals surface area (Å²) in [7, 11) is 3.08. The van der Waals surface area contributed by atoms with Crippen LogP contribution in [0.5, 0.6) is 11.5 Å². The van der Waals surface area contributed by atoms with Gasteiger partial charge in [0.15, 0.2) is 11.5 Å². The van der Waals surface area contributed by atoms with E-state index in [2.05, 4.69) is 10.6 Å². The van der Waals surface area contributed by atoms with Crippen LogP contribution < -0.4 is 20.1 Å². The first kappa shape index (κ1) is 18.8. The molecule has 142 valence electrons. The number of hydrogen-bond acceptors (Lipinski definition) is 4. The predicted molar refractivity (Wildman–Crippen MR) is 103 cm³/mol. The topological polar surface area (TPSA) is 76.7 Å². The number of nitrogens with one attached hydrogen (secondary N) is 2. The molecule has 6 nitrogen and oxygen atoms in total. The average molecular weight is 368 g/mol. The van der Waals surface area contributed by atoms with Gasteiger partial charge in [-0.3, -0.25) is 9.59 Å². The van der Waals surface area contributed by atoms with Gasteiger partial charge in [0, 0.05) is 11.8 Å². The molecule has 1 saturated carbocycles. The highest BCUT2D eigenvalue weighted by molar-refractivity contribution is 6.13. The minimum Gasteiger partial charge on any atom is -0.493 e. The number of benzene rings is 2. The Labute approximate surface area is 158 Å². The molecule has 27 heavy (non-hydrogen) atoms. The lowest BCUT2D eigenvalue weighted by atomic mass is 10.0. The van der Waals surface area contributed by atoms with Gasteiger partial charge in [-0.15, -0.1) is 0 Å². The molecule has 2 aromatic carbocycles. The molecule has 1 fully saturated rings. The first-order valence-corrected chi connectivity index (χ1v) is 8.89. The van der Waals surface area contributed by atoms with E-state index >= 15 is 0 Å². The molecule has 6 heteroatoms. The van der Waals surface area contributed by atoms with Gasteiger partial charge in [-0.25, -0.2) is 0 Å². The number of methoxy groups -OCH3 is 2. The molecule has 1 atom stereocenters. The molecule has 0 bridgehead atoms. The van der Waals surface area contributed by atoms with Crippen molar-refractivity contribution in [1.82, 2.24) is 5.32 Å². The Morgan fingerprint density at radius 2 is 1.63 bits per heavy atom. The minimum absolute atomic E-state index is 0.162. The second-order valence-corrected chi connectivity index (χ2v) is 6.71. The number of ether oxygens (including phenoxy) is 2. The fourth-order valence-corrected chi connectivity index (χ4v) is 3.01. The van der Waals surface area contributed by atoms with Crippen LogP contribution in [-0.2, 0) is 9.59 Å². The third-order valence-electron chi connectivity index (χ3n) is 4.91. The molecule has 2 aromatic rings. The van der Waals surface area contributed by atoms with E-state index < -0.39 is 5.41 Å². The van der Waals surface area contributed by atoms with Crippen LogP contribution in [0.4, 0.5) is 5.69 Å². The van der Waals surface area contributed by atoms with E-state index in [0.29, 0.717) is 30.0 Å².